The van der Waals surface area contributed by atoms with Crippen LogP contribution in [0.15, 0.2) is 47.4 Å². The van der Waals surface area contributed by atoms with Gasteiger partial charge < -0.3 is 26.2 Å². The smallest absolute Gasteiger partial charge is 0.255 e. The number of amides is 1. The molecular formula is C31H33N3O8. The Morgan fingerprint density at radius 2 is 1.83 bits per heavy atom. The molecule has 220 valence electrons. The summed E-state index contributed by atoms with van der Waals surface area (Å²) < 4.78 is 0. The van der Waals surface area contributed by atoms with Crippen molar-refractivity contribution in [1.29, 1.82) is 0 Å². The Hall–Kier alpha value is -4.35. The number of hydrogen-bond donors (Lipinski definition) is 5. The zero-order chi connectivity index (χ0) is 30.7. The molecule has 1 aromatic carbocycles. The molecule has 42 heavy (non-hydrogen) atoms. The van der Waals surface area contributed by atoms with Crippen LogP contribution in [0.4, 0.5) is 0 Å². The summed E-state index contributed by atoms with van der Waals surface area (Å²) in [6.45, 7) is 1.93. The number of aromatic hydroxyl groups is 1. The second-order valence-corrected chi connectivity index (χ2v) is 11.5. The third-order valence-electron chi connectivity index (χ3n) is 8.65. The van der Waals surface area contributed by atoms with Crippen molar-refractivity contribution < 1.29 is 39.6 Å². The zero-order valence-electron chi connectivity index (χ0n) is 23.5. The number of primary amides is 1. The number of carbonyl (C=O) groups excluding carboxylic acids is 4. The fourth-order valence-electron chi connectivity index (χ4n) is 6.77. The maximum Gasteiger partial charge on any atom is 0.255 e. The third kappa shape index (κ3) is 4.31. The first-order valence-corrected chi connectivity index (χ1v) is 13.8. The molecule has 0 bridgehead atoms. The number of nitrogens with zero attached hydrogens (tertiary/aromatic N) is 2. The number of likely N-dealkylation sites (N-methyl/N-ethyl adjacent to an activating group) is 1. The van der Waals surface area contributed by atoms with Crippen LogP contribution in [-0.4, -0.2) is 79.3 Å². The number of Topliss-reactive ketones (excluding diaryl/α,β-unsaturated/α-hetero) is 3. The number of phenolic OH excluding ortho intramolecular Hbond substituents is 1. The van der Waals surface area contributed by atoms with Crippen LogP contribution in [0, 0.1) is 11.8 Å². The number of phenols is 1. The van der Waals surface area contributed by atoms with Crippen LogP contribution in [0.25, 0.3) is 16.9 Å². The lowest BCUT2D eigenvalue weighted by molar-refractivity contribution is -0.153. The molecule has 6 N–H and O–H groups in total. The van der Waals surface area contributed by atoms with E-state index in [2.05, 4.69) is 4.98 Å². The van der Waals surface area contributed by atoms with E-state index in [1.54, 1.807) is 38.5 Å². The van der Waals surface area contributed by atoms with Gasteiger partial charge in [0.2, 0.25) is 5.78 Å². The van der Waals surface area contributed by atoms with Crippen LogP contribution in [0.5, 0.6) is 5.75 Å². The van der Waals surface area contributed by atoms with Gasteiger partial charge in [-0.1, -0.05) is 19.1 Å². The molecule has 1 amide bonds. The Kier molecular flexibility index (Phi) is 7.28. The molecule has 0 radical (unpaired) electrons. The average Bonchev–Trinajstić information content (AvgIpc) is 2.91. The van der Waals surface area contributed by atoms with Crippen molar-refractivity contribution in [3.63, 3.8) is 0 Å². The SMILES string of the molecule is CCCC(=O)Cc1ccc(-c2ccc(O)c3c2CC2CC4C(N(C)C)C(=O)C(C(N)=O)=C(O)C4(O)C(=O)C2=C3O)cn1. The first-order chi connectivity index (χ1) is 19.8. The van der Waals surface area contributed by atoms with Crippen molar-refractivity contribution in [3.8, 4) is 16.9 Å². The van der Waals surface area contributed by atoms with Crippen LogP contribution < -0.4 is 5.73 Å². The van der Waals surface area contributed by atoms with Crippen molar-refractivity contribution in [2.75, 3.05) is 14.1 Å². The van der Waals surface area contributed by atoms with E-state index < -0.39 is 58.0 Å². The molecule has 2 aromatic rings. The second-order valence-electron chi connectivity index (χ2n) is 11.5. The van der Waals surface area contributed by atoms with Crippen molar-refractivity contribution in [1.82, 2.24) is 9.88 Å². The predicted octanol–water partition coefficient (Wildman–Crippen LogP) is 1.94. The van der Waals surface area contributed by atoms with Gasteiger partial charge in [-0.25, -0.2) is 0 Å². The highest BCUT2D eigenvalue weighted by Gasteiger charge is 2.64. The molecule has 0 spiro atoms. The van der Waals surface area contributed by atoms with Gasteiger partial charge in [-0.2, -0.15) is 0 Å². The van der Waals surface area contributed by atoms with Crippen LogP contribution in [0.2, 0.25) is 0 Å². The van der Waals surface area contributed by atoms with E-state index in [9.17, 15) is 39.6 Å². The van der Waals surface area contributed by atoms with Crippen molar-refractivity contribution in [2.45, 2.75) is 50.7 Å². The van der Waals surface area contributed by atoms with Gasteiger partial charge in [0.05, 0.1) is 11.6 Å². The second kappa shape index (κ2) is 10.5. The fourth-order valence-corrected chi connectivity index (χ4v) is 6.77. The summed E-state index contributed by atoms with van der Waals surface area (Å²) in [5.41, 5.74) is 4.08. The van der Waals surface area contributed by atoms with Gasteiger partial charge >= 0.3 is 0 Å². The number of fused-ring (bicyclic) bond motifs is 3. The van der Waals surface area contributed by atoms with Gasteiger partial charge in [0.1, 0.15) is 28.6 Å². The Balaban J connectivity index is 1.63. The maximum atomic E-state index is 14.0. The summed E-state index contributed by atoms with van der Waals surface area (Å²) >= 11 is 0. The number of pyridine rings is 1. The third-order valence-corrected chi connectivity index (χ3v) is 8.65. The number of nitrogens with two attached hydrogens (primary N) is 1. The highest BCUT2D eigenvalue weighted by molar-refractivity contribution is 6.24. The van der Waals surface area contributed by atoms with E-state index in [1.807, 2.05) is 6.92 Å². The molecule has 1 aromatic heterocycles. The van der Waals surface area contributed by atoms with E-state index in [1.165, 1.54) is 11.0 Å². The Morgan fingerprint density at radius 3 is 2.43 bits per heavy atom. The largest absolute Gasteiger partial charge is 0.508 e. The number of aliphatic hydroxyl groups is 3. The minimum absolute atomic E-state index is 0.00239. The molecule has 0 saturated heterocycles. The van der Waals surface area contributed by atoms with E-state index in [4.69, 9.17) is 5.73 Å². The van der Waals surface area contributed by atoms with Gasteiger partial charge in [0.25, 0.3) is 5.91 Å². The lowest BCUT2D eigenvalue weighted by atomic mass is 9.57. The van der Waals surface area contributed by atoms with Crippen LogP contribution >= 0.6 is 0 Å². The first-order valence-electron chi connectivity index (χ1n) is 13.8. The number of carbonyl (C=O) groups is 4. The van der Waals surface area contributed by atoms with Crippen molar-refractivity contribution in [2.24, 2.45) is 17.6 Å². The van der Waals surface area contributed by atoms with Crippen molar-refractivity contribution in [3.05, 3.63) is 64.2 Å². The molecule has 1 saturated carbocycles. The lowest BCUT2D eigenvalue weighted by Crippen LogP contribution is -2.65. The predicted molar refractivity (Wildman–Crippen MR) is 151 cm³/mol. The summed E-state index contributed by atoms with van der Waals surface area (Å²) in [4.78, 5) is 57.3. The topological polar surface area (TPSA) is 191 Å². The van der Waals surface area contributed by atoms with Gasteiger partial charge in [-0.05, 0) is 62.5 Å². The quantitative estimate of drug-likeness (QED) is 0.305. The molecule has 11 heteroatoms. The maximum absolute atomic E-state index is 14.0. The molecule has 4 atom stereocenters. The number of aliphatic hydroxyl groups excluding tert-OH is 2. The zero-order valence-corrected chi connectivity index (χ0v) is 23.5. The number of benzene rings is 1. The number of ketones is 3. The highest BCUT2D eigenvalue weighted by Crippen LogP contribution is 2.53. The van der Waals surface area contributed by atoms with Crippen LogP contribution in [0.1, 0.15) is 43.0 Å². The molecule has 3 aliphatic carbocycles. The summed E-state index contributed by atoms with van der Waals surface area (Å²) in [6, 6.07) is 5.44. The van der Waals surface area contributed by atoms with E-state index in [0.29, 0.717) is 28.8 Å². The van der Waals surface area contributed by atoms with Gasteiger partial charge in [-0.3, -0.25) is 29.1 Å². The number of rotatable bonds is 7. The summed E-state index contributed by atoms with van der Waals surface area (Å²) in [6.07, 6.45) is 3.21. The summed E-state index contributed by atoms with van der Waals surface area (Å²) in [5.74, 6) is -6.87. The molecule has 3 aliphatic rings. The first kappa shape index (κ1) is 29.2. The molecule has 5 rings (SSSR count). The van der Waals surface area contributed by atoms with Crippen molar-refractivity contribution >= 4 is 29.0 Å². The molecule has 4 unspecified atom stereocenters. The van der Waals surface area contributed by atoms with Gasteiger partial charge in [0, 0.05) is 41.8 Å². The minimum Gasteiger partial charge on any atom is -0.508 e. The van der Waals surface area contributed by atoms with E-state index in [-0.39, 0.29) is 41.9 Å². The van der Waals surface area contributed by atoms with Gasteiger partial charge in [0.15, 0.2) is 11.4 Å². The van der Waals surface area contributed by atoms with E-state index >= 15 is 0 Å². The average molecular weight is 576 g/mol. The molecule has 11 nitrogen and oxygen atoms in total. The number of hydrogen-bond acceptors (Lipinski definition) is 10. The minimum atomic E-state index is -2.69. The summed E-state index contributed by atoms with van der Waals surface area (Å²) in [5, 5.41) is 44.9. The Labute approximate surface area is 242 Å². The van der Waals surface area contributed by atoms with E-state index in [0.717, 1.165) is 6.42 Å². The standard InChI is InChI=1S/C31H33N3O8/c1-4-5-17(35)12-16-7-6-14(13-33-16)18-8-9-21(36)23-19(18)10-15-11-20-25(34(2)3)27(38)24(30(32)41)29(40)31(20,42)28(39)22(15)26(23)37/h6-9,13,15,20,25,36-37,40,42H,4-5,10-12H2,1-3H3,(H2,32,41). The monoisotopic (exact) mass is 575 g/mol. The molecular weight excluding hydrogens is 542 g/mol. The molecule has 1 fully saturated rings. The highest BCUT2D eigenvalue weighted by atomic mass is 16.3. The Bertz CT molecular complexity index is 1590. The molecule has 0 aliphatic heterocycles. The fraction of sp³-hybridized carbons (Fsp3) is 0.387. The molecule has 1 heterocycles. The summed E-state index contributed by atoms with van der Waals surface area (Å²) in [7, 11) is 3.10. The Morgan fingerprint density at radius 1 is 1.12 bits per heavy atom. The lowest BCUT2D eigenvalue weighted by Gasteiger charge is -2.50. The van der Waals surface area contributed by atoms with Crippen LogP contribution in [-0.2, 0) is 32.0 Å². The normalized spacial score (nSPS) is 25.3. The van der Waals surface area contributed by atoms with Gasteiger partial charge in [-0.15, -0.1) is 0 Å². The number of aromatic nitrogens is 1. The van der Waals surface area contributed by atoms with Crippen LogP contribution in [0.3, 0.4) is 0 Å².